The lowest BCUT2D eigenvalue weighted by atomic mass is 9.85. The normalized spacial score (nSPS) is 14.5. The van der Waals surface area contributed by atoms with Crippen LogP contribution in [0.1, 0.15) is 51.0 Å². The summed E-state index contributed by atoms with van der Waals surface area (Å²) < 4.78 is 48.6. The lowest BCUT2D eigenvalue weighted by molar-refractivity contribution is 0.314. The molecule has 3 aromatic rings. The summed E-state index contributed by atoms with van der Waals surface area (Å²) in [5.74, 6) is -1.53. The van der Waals surface area contributed by atoms with Gasteiger partial charge in [0.1, 0.15) is 5.82 Å². The van der Waals surface area contributed by atoms with Crippen molar-refractivity contribution in [3.8, 4) is 28.0 Å². The minimum Gasteiger partial charge on any atom is -0.491 e. The van der Waals surface area contributed by atoms with Crippen molar-refractivity contribution in [2.24, 2.45) is 5.92 Å². The summed E-state index contributed by atoms with van der Waals surface area (Å²) in [6.45, 7) is 1.97. The molecule has 0 spiro atoms. The van der Waals surface area contributed by atoms with Gasteiger partial charge in [0.15, 0.2) is 11.6 Å². The quantitative estimate of drug-likeness (QED) is 0.360. The van der Waals surface area contributed by atoms with Gasteiger partial charge in [0.2, 0.25) is 5.82 Å². The molecule has 0 saturated heterocycles. The molecular formula is C28H29F3O. The molecule has 0 N–H and O–H groups in total. The Morgan fingerprint density at radius 3 is 2.09 bits per heavy atom. The molecule has 1 saturated carbocycles. The fourth-order valence-corrected chi connectivity index (χ4v) is 4.65. The lowest BCUT2D eigenvalue weighted by Gasteiger charge is -2.21. The molecule has 0 heterocycles. The summed E-state index contributed by atoms with van der Waals surface area (Å²) in [5, 5.41) is 0. The maximum absolute atomic E-state index is 14.8. The molecule has 1 fully saturated rings. The monoisotopic (exact) mass is 438 g/mol. The Morgan fingerprint density at radius 2 is 1.44 bits per heavy atom. The van der Waals surface area contributed by atoms with Crippen molar-refractivity contribution in [3.63, 3.8) is 0 Å². The van der Waals surface area contributed by atoms with E-state index in [-0.39, 0.29) is 23.7 Å². The van der Waals surface area contributed by atoms with Gasteiger partial charge in [0.25, 0.3) is 0 Å². The van der Waals surface area contributed by atoms with E-state index in [1.165, 1.54) is 44.2 Å². The SMILES string of the molecule is CCOc1ccc(-c2ccc(-c3ccc(CCC4CCCCC4)cc3F)cc2)c(F)c1F. The number of rotatable bonds is 7. The second-order valence-corrected chi connectivity index (χ2v) is 8.61. The van der Waals surface area contributed by atoms with Gasteiger partial charge in [0.05, 0.1) is 6.61 Å². The minimum absolute atomic E-state index is 0.101. The van der Waals surface area contributed by atoms with Crippen LogP contribution in [0, 0.1) is 23.4 Å². The molecule has 168 valence electrons. The lowest BCUT2D eigenvalue weighted by Crippen LogP contribution is -2.07. The van der Waals surface area contributed by atoms with Crippen molar-refractivity contribution in [2.75, 3.05) is 6.61 Å². The molecule has 4 heteroatoms. The second-order valence-electron chi connectivity index (χ2n) is 8.61. The third-order valence-electron chi connectivity index (χ3n) is 6.45. The Labute approximate surface area is 188 Å². The molecule has 0 atom stereocenters. The van der Waals surface area contributed by atoms with Crippen molar-refractivity contribution in [1.29, 1.82) is 0 Å². The van der Waals surface area contributed by atoms with E-state index in [1.807, 2.05) is 12.1 Å². The Hall–Kier alpha value is -2.75. The smallest absolute Gasteiger partial charge is 0.201 e. The summed E-state index contributed by atoms with van der Waals surface area (Å²) in [6.07, 6.45) is 8.61. The molecule has 0 radical (unpaired) electrons. The Kier molecular flexibility index (Phi) is 7.19. The van der Waals surface area contributed by atoms with Crippen molar-refractivity contribution in [1.82, 2.24) is 0 Å². The predicted octanol–water partition coefficient (Wildman–Crippen LogP) is 8.35. The van der Waals surface area contributed by atoms with E-state index < -0.39 is 11.6 Å². The molecule has 32 heavy (non-hydrogen) atoms. The standard InChI is InChI=1S/C28H29F3O/c1-2-32-26-17-16-24(27(30)28(26)31)22-13-11-21(12-14-22)23-15-10-20(18-25(23)29)9-8-19-6-4-3-5-7-19/h10-19H,2-9H2,1H3. The summed E-state index contributed by atoms with van der Waals surface area (Å²) in [5.41, 5.74) is 2.92. The molecule has 0 aliphatic heterocycles. The average molecular weight is 439 g/mol. The van der Waals surface area contributed by atoms with Gasteiger partial charge < -0.3 is 4.74 Å². The van der Waals surface area contributed by atoms with Crippen LogP contribution in [0.2, 0.25) is 0 Å². The zero-order valence-corrected chi connectivity index (χ0v) is 18.5. The number of aryl methyl sites for hydroxylation is 1. The van der Waals surface area contributed by atoms with E-state index >= 15 is 0 Å². The largest absolute Gasteiger partial charge is 0.491 e. The number of halogens is 3. The fraction of sp³-hybridized carbons (Fsp3) is 0.357. The van der Waals surface area contributed by atoms with E-state index in [0.29, 0.717) is 16.7 Å². The number of ether oxygens (including phenoxy) is 1. The van der Waals surface area contributed by atoms with Gasteiger partial charge in [-0.15, -0.1) is 0 Å². The first-order valence-corrected chi connectivity index (χ1v) is 11.6. The topological polar surface area (TPSA) is 9.23 Å². The minimum atomic E-state index is -0.997. The van der Waals surface area contributed by atoms with Crippen LogP contribution in [0.3, 0.4) is 0 Å². The number of hydrogen-bond donors (Lipinski definition) is 0. The molecule has 4 rings (SSSR count). The van der Waals surface area contributed by atoms with Gasteiger partial charge in [-0.1, -0.05) is 68.5 Å². The van der Waals surface area contributed by atoms with Crippen LogP contribution in [0.25, 0.3) is 22.3 Å². The van der Waals surface area contributed by atoms with E-state index in [4.69, 9.17) is 4.74 Å². The molecular weight excluding hydrogens is 409 g/mol. The molecule has 1 aliphatic rings. The van der Waals surface area contributed by atoms with Crippen molar-refractivity contribution < 1.29 is 17.9 Å². The second kappa shape index (κ2) is 10.2. The van der Waals surface area contributed by atoms with Gasteiger partial charge >= 0.3 is 0 Å². The molecule has 1 nitrogen and oxygen atoms in total. The van der Waals surface area contributed by atoms with Crippen LogP contribution < -0.4 is 4.74 Å². The van der Waals surface area contributed by atoms with Gasteiger partial charge in [-0.2, -0.15) is 4.39 Å². The highest BCUT2D eigenvalue weighted by atomic mass is 19.2. The van der Waals surface area contributed by atoms with Gasteiger partial charge in [0, 0.05) is 11.1 Å². The van der Waals surface area contributed by atoms with Crippen LogP contribution in [-0.2, 0) is 6.42 Å². The van der Waals surface area contributed by atoms with Crippen LogP contribution in [0.4, 0.5) is 13.2 Å². The predicted molar refractivity (Wildman–Crippen MR) is 123 cm³/mol. The molecule has 0 bridgehead atoms. The zero-order valence-electron chi connectivity index (χ0n) is 18.5. The van der Waals surface area contributed by atoms with Crippen LogP contribution in [0.5, 0.6) is 5.75 Å². The molecule has 0 aromatic heterocycles. The highest BCUT2D eigenvalue weighted by Gasteiger charge is 2.17. The van der Waals surface area contributed by atoms with Crippen molar-refractivity contribution >= 4 is 0 Å². The Morgan fingerprint density at radius 1 is 0.781 bits per heavy atom. The fourth-order valence-electron chi connectivity index (χ4n) is 4.65. The molecule has 0 unspecified atom stereocenters. The Bertz CT molecular complexity index is 1050. The van der Waals surface area contributed by atoms with Gasteiger partial charge in [-0.05, 0) is 60.6 Å². The maximum atomic E-state index is 14.8. The molecule has 3 aromatic carbocycles. The maximum Gasteiger partial charge on any atom is 0.201 e. The number of benzene rings is 3. The number of hydrogen-bond acceptors (Lipinski definition) is 1. The highest BCUT2D eigenvalue weighted by molar-refractivity contribution is 5.71. The zero-order chi connectivity index (χ0) is 22.5. The first-order valence-electron chi connectivity index (χ1n) is 11.6. The molecule has 1 aliphatic carbocycles. The summed E-state index contributed by atoms with van der Waals surface area (Å²) in [7, 11) is 0. The van der Waals surface area contributed by atoms with Crippen molar-refractivity contribution in [2.45, 2.75) is 51.9 Å². The molecule has 0 amide bonds. The van der Waals surface area contributed by atoms with E-state index in [1.54, 1.807) is 37.3 Å². The van der Waals surface area contributed by atoms with E-state index in [2.05, 4.69) is 0 Å². The highest BCUT2D eigenvalue weighted by Crippen LogP contribution is 2.33. The summed E-state index contributed by atoms with van der Waals surface area (Å²) in [6, 6.07) is 15.2. The Balaban J connectivity index is 1.48. The van der Waals surface area contributed by atoms with E-state index in [9.17, 15) is 13.2 Å². The van der Waals surface area contributed by atoms with Gasteiger partial charge in [-0.25, -0.2) is 8.78 Å². The first kappa shape index (κ1) is 22.4. The third kappa shape index (κ3) is 5.01. The van der Waals surface area contributed by atoms with Gasteiger partial charge in [-0.3, -0.25) is 0 Å². The van der Waals surface area contributed by atoms with Crippen molar-refractivity contribution in [3.05, 3.63) is 77.6 Å². The third-order valence-corrected chi connectivity index (χ3v) is 6.45. The van der Waals surface area contributed by atoms with E-state index in [0.717, 1.165) is 24.3 Å². The van der Waals surface area contributed by atoms with Crippen LogP contribution >= 0.6 is 0 Å². The first-order chi connectivity index (χ1) is 15.6. The summed E-state index contributed by atoms with van der Waals surface area (Å²) in [4.78, 5) is 0. The van der Waals surface area contributed by atoms with Crippen LogP contribution in [0.15, 0.2) is 54.6 Å². The van der Waals surface area contributed by atoms with Crippen LogP contribution in [-0.4, -0.2) is 6.61 Å². The summed E-state index contributed by atoms with van der Waals surface area (Å²) >= 11 is 0. The average Bonchev–Trinajstić information content (AvgIpc) is 2.82.